The molecular formula is C27H24ClN5O3S. The number of nitrogens with one attached hydrogen (secondary N) is 1. The van der Waals surface area contributed by atoms with Gasteiger partial charge in [-0.1, -0.05) is 12.1 Å². The van der Waals surface area contributed by atoms with Crippen molar-refractivity contribution in [3.8, 4) is 23.1 Å². The number of nitrogens with zero attached hydrogens (tertiary/aromatic N) is 4. The van der Waals surface area contributed by atoms with Gasteiger partial charge in [0, 0.05) is 53.9 Å². The van der Waals surface area contributed by atoms with Gasteiger partial charge in [-0.15, -0.1) is 11.6 Å². The van der Waals surface area contributed by atoms with Gasteiger partial charge < -0.3 is 14.2 Å². The number of fused-ring (bicyclic) bond motifs is 2. The molecule has 0 saturated carbocycles. The second-order valence-electron chi connectivity index (χ2n) is 8.67. The predicted molar refractivity (Wildman–Crippen MR) is 146 cm³/mol. The van der Waals surface area contributed by atoms with Crippen molar-refractivity contribution >= 4 is 49.1 Å². The van der Waals surface area contributed by atoms with Crippen molar-refractivity contribution in [3.05, 3.63) is 78.2 Å². The molecule has 2 N–H and O–H groups in total. The Hall–Kier alpha value is -4.00. The quantitative estimate of drug-likeness (QED) is 0.263. The Morgan fingerprint density at radius 2 is 1.89 bits per heavy atom. The molecule has 188 valence electrons. The number of aromatic nitrogens is 3. The molecule has 0 unspecified atom stereocenters. The van der Waals surface area contributed by atoms with Crippen LogP contribution in [0.15, 0.2) is 67.1 Å². The Kier molecular flexibility index (Phi) is 6.54. The lowest BCUT2D eigenvalue weighted by molar-refractivity contribution is 0.457. The lowest BCUT2D eigenvalue weighted by atomic mass is 10.0. The summed E-state index contributed by atoms with van der Waals surface area (Å²) >= 11 is 6.02. The van der Waals surface area contributed by atoms with E-state index in [1.807, 2.05) is 57.9 Å². The Labute approximate surface area is 219 Å². The van der Waals surface area contributed by atoms with E-state index in [9.17, 15) is 13.5 Å². The molecule has 0 fully saturated rings. The van der Waals surface area contributed by atoms with E-state index in [4.69, 9.17) is 16.9 Å². The van der Waals surface area contributed by atoms with Gasteiger partial charge in [-0.25, -0.2) is 13.4 Å². The summed E-state index contributed by atoms with van der Waals surface area (Å²) < 4.78 is 31.8. The second kappa shape index (κ2) is 9.81. The Balaban J connectivity index is 1.71. The zero-order chi connectivity index (χ0) is 26.2. The number of halogens is 1. The number of anilines is 1. The molecule has 2 aromatic carbocycles. The Morgan fingerprint density at radius 3 is 2.59 bits per heavy atom. The smallest absolute Gasteiger partial charge is 0.236 e. The summed E-state index contributed by atoms with van der Waals surface area (Å²) in [6.07, 6.45) is 5.36. The SMILES string of the molecule is CCS(=O)(=O)Nc1cc(-c2cn(CCCl)c3c(O)nccc23)cc2c1ccn2Cc1ccc(C#N)cc1. The summed E-state index contributed by atoms with van der Waals surface area (Å²) in [5.74, 6) is 0.205. The zero-order valence-corrected chi connectivity index (χ0v) is 21.6. The third-order valence-corrected chi connectivity index (χ3v) is 7.83. The highest BCUT2D eigenvalue weighted by Gasteiger charge is 2.19. The third kappa shape index (κ3) is 4.73. The minimum absolute atomic E-state index is 0.0563. The molecule has 37 heavy (non-hydrogen) atoms. The van der Waals surface area contributed by atoms with Gasteiger partial charge in [0.15, 0.2) is 0 Å². The van der Waals surface area contributed by atoms with Crippen LogP contribution in [0.1, 0.15) is 18.1 Å². The molecular weight excluding hydrogens is 510 g/mol. The maximum absolute atomic E-state index is 12.6. The van der Waals surface area contributed by atoms with Gasteiger partial charge in [0.05, 0.1) is 28.6 Å². The average Bonchev–Trinajstić information content (AvgIpc) is 3.47. The van der Waals surface area contributed by atoms with Crippen LogP contribution in [-0.4, -0.2) is 39.3 Å². The highest BCUT2D eigenvalue weighted by atomic mass is 35.5. The van der Waals surface area contributed by atoms with E-state index in [1.54, 1.807) is 25.3 Å². The van der Waals surface area contributed by atoms with Crippen LogP contribution < -0.4 is 4.72 Å². The number of aryl methyl sites for hydroxylation is 1. The van der Waals surface area contributed by atoms with Gasteiger partial charge >= 0.3 is 0 Å². The average molecular weight is 534 g/mol. The molecule has 0 bridgehead atoms. The van der Waals surface area contributed by atoms with Crippen LogP contribution in [0.25, 0.3) is 32.9 Å². The standard InChI is InChI=1S/C27H24ClN5O3S/c1-2-37(35,36)31-24-13-20(23-17-33(12-9-28)26-21(23)7-10-30-27(26)34)14-25-22(24)8-11-32(25)16-19-5-3-18(15-29)4-6-19/h3-8,10-11,13-14,17,31H,2,9,12,16H2,1H3,(H,30,34). The van der Waals surface area contributed by atoms with E-state index in [0.29, 0.717) is 35.7 Å². The van der Waals surface area contributed by atoms with Crippen molar-refractivity contribution in [1.82, 2.24) is 14.1 Å². The Morgan fingerprint density at radius 1 is 1.11 bits per heavy atom. The number of pyridine rings is 1. The number of hydrogen-bond donors (Lipinski definition) is 2. The maximum atomic E-state index is 12.6. The van der Waals surface area contributed by atoms with Crippen LogP contribution in [-0.2, 0) is 23.1 Å². The fraction of sp³-hybridized carbons (Fsp3) is 0.185. The summed E-state index contributed by atoms with van der Waals surface area (Å²) in [5.41, 5.74) is 5.09. The van der Waals surface area contributed by atoms with Gasteiger partial charge in [-0.2, -0.15) is 5.26 Å². The molecule has 8 nitrogen and oxygen atoms in total. The monoisotopic (exact) mass is 533 g/mol. The van der Waals surface area contributed by atoms with Crippen LogP contribution in [0.3, 0.4) is 0 Å². The molecule has 0 atom stereocenters. The highest BCUT2D eigenvalue weighted by molar-refractivity contribution is 7.92. The van der Waals surface area contributed by atoms with E-state index >= 15 is 0 Å². The van der Waals surface area contributed by atoms with E-state index in [0.717, 1.165) is 33.0 Å². The van der Waals surface area contributed by atoms with Crippen molar-refractivity contribution in [2.24, 2.45) is 0 Å². The highest BCUT2D eigenvalue weighted by Crippen LogP contribution is 2.38. The molecule has 0 spiro atoms. The van der Waals surface area contributed by atoms with Crippen LogP contribution in [0.2, 0.25) is 0 Å². The lowest BCUT2D eigenvalue weighted by Gasteiger charge is -2.13. The lowest BCUT2D eigenvalue weighted by Crippen LogP contribution is -2.14. The number of rotatable bonds is 8. The molecule has 0 aliphatic heterocycles. The minimum Gasteiger partial charge on any atom is -0.492 e. The molecule has 10 heteroatoms. The van der Waals surface area contributed by atoms with Gasteiger partial charge in [0.2, 0.25) is 15.9 Å². The molecule has 0 radical (unpaired) electrons. The molecule has 0 aliphatic rings. The van der Waals surface area contributed by atoms with Gasteiger partial charge in [0.1, 0.15) is 5.52 Å². The molecule has 5 rings (SSSR count). The first-order chi connectivity index (χ1) is 17.8. The maximum Gasteiger partial charge on any atom is 0.236 e. The molecule has 3 aromatic heterocycles. The summed E-state index contributed by atoms with van der Waals surface area (Å²) in [7, 11) is -3.54. The number of benzene rings is 2. The summed E-state index contributed by atoms with van der Waals surface area (Å²) in [6.45, 7) is 2.61. The fourth-order valence-electron chi connectivity index (χ4n) is 4.53. The molecule has 5 aromatic rings. The third-order valence-electron chi connectivity index (χ3n) is 6.37. The van der Waals surface area contributed by atoms with Gasteiger partial charge in [-0.05, 0) is 54.4 Å². The van der Waals surface area contributed by atoms with Crippen LogP contribution in [0.4, 0.5) is 5.69 Å². The molecule has 0 amide bonds. The number of aromatic hydroxyl groups is 1. The zero-order valence-electron chi connectivity index (χ0n) is 20.0. The molecule has 0 saturated heterocycles. The summed E-state index contributed by atoms with van der Waals surface area (Å²) in [6, 6.07) is 17.0. The fourth-order valence-corrected chi connectivity index (χ4v) is 5.36. The van der Waals surface area contributed by atoms with E-state index < -0.39 is 10.0 Å². The number of sulfonamides is 1. The Bertz CT molecular complexity index is 1770. The van der Waals surface area contributed by atoms with Crippen molar-refractivity contribution in [1.29, 1.82) is 5.26 Å². The first kappa shape index (κ1) is 24.7. The van der Waals surface area contributed by atoms with E-state index in [2.05, 4.69) is 15.8 Å². The topological polar surface area (TPSA) is 113 Å². The second-order valence-corrected chi connectivity index (χ2v) is 11.1. The predicted octanol–water partition coefficient (Wildman–Crippen LogP) is 5.28. The van der Waals surface area contributed by atoms with Crippen molar-refractivity contribution in [2.75, 3.05) is 16.4 Å². The van der Waals surface area contributed by atoms with Crippen molar-refractivity contribution < 1.29 is 13.5 Å². The summed E-state index contributed by atoms with van der Waals surface area (Å²) in [5, 5.41) is 21.1. The normalized spacial score (nSPS) is 11.7. The van der Waals surface area contributed by atoms with Crippen LogP contribution in [0, 0.1) is 11.3 Å². The first-order valence-corrected chi connectivity index (χ1v) is 13.9. The van der Waals surface area contributed by atoms with Crippen molar-refractivity contribution in [3.63, 3.8) is 0 Å². The number of nitriles is 1. The number of hydrogen-bond acceptors (Lipinski definition) is 5. The first-order valence-electron chi connectivity index (χ1n) is 11.7. The van der Waals surface area contributed by atoms with Crippen LogP contribution in [0.5, 0.6) is 5.88 Å². The van der Waals surface area contributed by atoms with E-state index in [-0.39, 0.29) is 11.6 Å². The van der Waals surface area contributed by atoms with Gasteiger partial charge in [0.25, 0.3) is 0 Å². The van der Waals surface area contributed by atoms with Gasteiger partial charge in [-0.3, -0.25) is 4.72 Å². The van der Waals surface area contributed by atoms with Crippen molar-refractivity contribution in [2.45, 2.75) is 20.0 Å². The molecule has 3 heterocycles. The largest absolute Gasteiger partial charge is 0.492 e. The summed E-state index contributed by atoms with van der Waals surface area (Å²) in [4.78, 5) is 4.03. The molecule has 0 aliphatic carbocycles. The number of alkyl halides is 1. The van der Waals surface area contributed by atoms with Crippen LogP contribution >= 0.6 is 11.6 Å². The minimum atomic E-state index is -3.54. The van der Waals surface area contributed by atoms with E-state index in [1.165, 1.54) is 0 Å².